The second kappa shape index (κ2) is 5.09. The number of nitro benzene ring substituents is 1. The van der Waals surface area contributed by atoms with E-state index in [0.717, 1.165) is 19.4 Å². The molecule has 106 valence electrons. The van der Waals surface area contributed by atoms with Crippen LogP contribution in [-0.2, 0) is 4.74 Å². The van der Waals surface area contributed by atoms with E-state index in [1.54, 1.807) is 13.2 Å². The third kappa shape index (κ3) is 2.20. The van der Waals surface area contributed by atoms with E-state index in [2.05, 4.69) is 9.88 Å². The van der Waals surface area contributed by atoms with Crippen molar-refractivity contribution in [3.8, 4) is 0 Å². The molecule has 1 unspecified atom stereocenters. The van der Waals surface area contributed by atoms with Gasteiger partial charge in [-0.3, -0.25) is 10.1 Å². The summed E-state index contributed by atoms with van der Waals surface area (Å²) in [5.74, 6) is 0. The van der Waals surface area contributed by atoms with Crippen LogP contribution in [0.2, 0.25) is 0 Å². The predicted octanol–water partition coefficient (Wildman–Crippen LogP) is 2.35. The number of methoxy groups -OCH3 is 1. The van der Waals surface area contributed by atoms with Crippen molar-refractivity contribution >= 4 is 22.8 Å². The Kier molecular flexibility index (Phi) is 3.27. The molecule has 0 spiro atoms. The molecule has 0 bridgehead atoms. The van der Waals surface area contributed by atoms with Crippen molar-refractivity contribution in [1.82, 2.24) is 4.98 Å². The number of aromatic nitrogens is 1. The molecule has 7 heteroatoms. The number of hydrogen-bond donors (Lipinski definition) is 0. The zero-order chi connectivity index (χ0) is 14.1. The Hall–Kier alpha value is -2.15. The molecule has 2 aromatic rings. The third-order valence-electron chi connectivity index (χ3n) is 3.55. The van der Waals surface area contributed by atoms with Crippen LogP contribution in [-0.4, -0.2) is 36.2 Å². The molecule has 7 nitrogen and oxygen atoms in total. The Balaban J connectivity index is 1.94. The van der Waals surface area contributed by atoms with Crippen molar-refractivity contribution in [3.63, 3.8) is 0 Å². The number of benzene rings is 1. The van der Waals surface area contributed by atoms with Crippen molar-refractivity contribution in [1.29, 1.82) is 0 Å². The average molecular weight is 277 g/mol. The molecule has 1 saturated heterocycles. The molecular formula is C13H15N3O4. The Morgan fingerprint density at radius 3 is 3.20 bits per heavy atom. The Morgan fingerprint density at radius 2 is 2.45 bits per heavy atom. The van der Waals surface area contributed by atoms with E-state index in [0.29, 0.717) is 23.7 Å². The van der Waals surface area contributed by atoms with Crippen LogP contribution in [0.1, 0.15) is 12.8 Å². The Labute approximate surface area is 115 Å². The van der Waals surface area contributed by atoms with Crippen LogP contribution in [0.5, 0.6) is 0 Å². The SMILES string of the molecule is COCC1CCCN1c1nc2ccc([N+](=O)[O-])cc2o1. The van der Waals surface area contributed by atoms with Gasteiger partial charge in [0.2, 0.25) is 0 Å². The molecule has 3 rings (SSSR count). The van der Waals surface area contributed by atoms with Crippen molar-refractivity contribution in [2.45, 2.75) is 18.9 Å². The van der Waals surface area contributed by atoms with Gasteiger partial charge >= 0.3 is 0 Å². The molecule has 1 atom stereocenters. The normalized spacial score (nSPS) is 18.9. The number of ether oxygens (including phenoxy) is 1. The van der Waals surface area contributed by atoms with E-state index in [9.17, 15) is 10.1 Å². The average Bonchev–Trinajstić information content (AvgIpc) is 3.03. The van der Waals surface area contributed by atoms with Crippen molar-refractivity contribution in [2.75, 3.05) is 25.2 Å². The van der Waals surface area contributed by atoms with Gasteiger partial charge in [-0.2, -0.15) is 4.98 Å². The van der Waals surface area contributed by atoms with E-state index in [1.165, 1.54) is 12.1 Å². The first-order valence-corrected chi connectivity index (χ1v) is 6.49. The first-order valence-electron chi connectivity index (χ1n) is 6.49. The lowest BCUT2D eigenvalue weighted by atomic mass is 10.2. The highest BCUT2D eigenvalue weighted by atomic mass is 16.6. The lowest BCUT2D eigenvalue weighted by Crippen LogP contribution is -2.32. The van der Waals surface area contributed by atoms with Gasteiger partial charge < -0.3 is 14.1 Å². The molecule has 1 aromatic carbocycles. The monoisotopic (exact) mass is 277 g/mol. The summed E-state index contributed by atoms with van der Waals surface area (Å²) in [5, 5.41) is 10.8. The van der Waals surface area contributed by atoms with Crippen molar-refractivity contribution in [3.05, 3.63) is 28.3 Å². The molecule has 1 aromatic heterocycles. The largest absolute Gasteiger partial charge is 0.423 e. The van der Waals surface area contributed by atoms with Crippen LogP contribution < -0.4 is 4.90 Å². The summed E-state index contributed by atoms with van der Waals surface area (Å²) in [6.07, 6.45) is 2.10. The summed E-state index contributed by atoms with van der Waals surface area (Å²) in [5.41, 5.74) is 1.08. The first-order chi connectivity index (χ1) is 9.69. The topological polar surface area (TPSA) is 81.6 Å². The quantitative estimate of drug-likeness (QED) is 0.630. The zero-order valence-electron chi connectivity index (χ0n) is 11.1. The third-order valence-corrected chi connectivity index (χ3v) is 3.55. The number of oxazole rings is 1. The van der Waals surface area contributed by atoms with Gasteiger partial charge in [-0.15, -0.1) is 0 Å². The molecule has 20 heavy (non-hydrogen) atoms. The molecule has 0 saturated carbocycles. The minimum atomic E-state index is -0.439. The van der Waals surface area contributed by atoms with Crippen LogP contribution in [0.15, 0.2) is 22.6 Å². The maximum absolute atomic E-state index is 10.8. The van der Waals surface area contributed by atoms with Crippen molar-refractivity contribution in [2.24, 2.45) is 0 Å². The summed E-state index contributed by atoms with van der Waals surface area (Å²) in [4.78, 5) is 16.8. The number of nitro groups is 1. The number of anilines is 1. The molecule has 1 fully saturated rings. The van der Waals surface area contributed by atoms with Gasteiger partial charge in [-0.05, 0) is 18.9 Å². The van der Waals surface area contributed by atoms with E-state index in [4.69, 9.17) is 9.15 Å². The Bertz CT molecular complexity index is 640. The van der Waals surface area contributed by atoms with E-state index in [1.807, 2.05) is 0 Å². The number of fused-ring (bicyclic) bond motifs is 1. The summed E-state index contributed by atoms with van der Waals surface area (Å²) < 4.78 is 10.9. The van der Waals surface area contributed by atoms with Crippen LogP contribution in [0.25, 0.3) is 11.1 Å². The predicted molar refractivity (Wildman–Crippen MR) is 72.9 cm³/mol. The number of non-ortho nitro benzene ring substituents is 1. The maximum atomic E-state index is 10.8. The van der Waals surface area contributed by atoms with Gasteiger partial charge in [-0.25, -0.2) is 0 Å². The fraction of sp³-hybridized carbons (Fsp3) is 0.462. The van der Waals surface area contributed by atoms with E-state index >= 15 is 0 Å². The lowest BCUT2D eigenvalue weighted by Gasteiger charge is -2.21. The highest BCUT2D eigenvalue weighted by molar-refractivity contribution is 5.77. The van der Waals surface area contributed by atoms with E-state index < -0.39 is 4.92 Å². The second-order valence-electron chi connectivity index (χ2n) is 4.85. The smallest absolute Gasteiger partial charge is 0.298 e. The van der Waals surface area contributed by atoms with Gasteiger partial charge in [0.05, 0.1) is 23.6 Å². The molecular weight excluding hydrogens is 262 g/mol. The molecule has 0 N–H and O–H groups in total. The van der Waals surface area contributed by atoms with Crippen LogP contribution >= 0.6 is 0 Å². The fourth-order valence-corrected chi connectivity index (χ4v) is 2.59. The molecule has 0 aliphatic carbocycles. The summed E-state index contributed by atoms with van der Waals surface area (Å²) in [6, 6.07) is 5.23. The van der Waals surface area contributed by atoms with Crippen LogP contribution in [0.4, 0.5) is 11.7 Å². The second-order valence-corrected chi connectivity index (χ2v) is 4.85. The molecule has 0 amide bonds. The molecule has 1 aliphatic heterocycles. The van der Waals surface area contributed by atoms with E-state index in [-0.39, 0.29) is 11.7 Å². The minimum absolute atomic E-state index is 0.00932. The summed E-state index contributed by atoms with van der Waals surface area (Å²) in [6.45, 7) is 1.49. The van der Waals surface area contributed by atoms with Crippen LogP contribution in [0.3, 0.4) is 0 Å². The van der Waals surface area contributed by atoms with Gasteiger partial charge in [0.15, 0.2) is 5.58 Å². The Morgan fingerprint density at radius 1 is 1.60 bits per heavy atom. The molecule has 0 radical (unpaired) electrons. The van der Waals surface area contributed by atoms with Gasteiger partial charge in [0.1, 0.15) is 5.52 Å². The minimum Gasteiger partial charge on any atom is -0.423 e. The number of hydrogen-bond acceptors (Lipinski definition) is 6. The first kappa shape index (κ1) is 12.9. The number of rotatable bonds is 4. The molecule has 2 heterocycles. The lowest BCUT2D eigenvalue weighted by molar-refractivity contribution is -0.384. The van der Waals surface area contributed by atoms with Gasteiger partial charge in [0.25, 0.3) is 11.7 Å². The number of nitrogens with zero attached hydrogens (tertiary/aromatic N) is 3. The zero-order valence-corrected chi connectivity index (χ0v) is 11.1. The van der Waals surface area contributed by atoms with Gasteiger partial charge in [-0.1, -0.05) is 0 Å². The molecule has 1 aliphatic rings. The van der Waals surface area contributed by atoms with Crippen molar-refractivity contribution < 1.29 is 14.1 Å². The highest BCUT2D eigenvalue weighted by Gasteiger charge is 2.28. The van der Waals surface area contributed by atoms with Crippen LogP contribution in [0, 0.1) is 10.1 Å². The maximum Gasteiger partial charge on any atom is 0.298 e. The van der Waals surface area contributed by atoms with Gasteiger partial charge in [0, 0.05) is 19.7 Å². The summed E-state index contributed by atoms with van der Waals surface area (Å²) >= 11 is 0. The fourth-order valence-electron chi connectivity index (χ4n) is 2.59. The highest BCUT2D eigenvalue weighted by Crippen LogP contribution is 2.30. The standard InChI is InChI=1S/C13H15N3O4/c1-19-8-10-3-2-6-15(10)13-14-11-5-4-9(16(17)18)7-12(11)20-13/h4-5,7,10H,2-3,6,8H2,1H3. The summed E-state index contributed by atoms with van der Waals surface area (Å²) in [7, 11) is 1.67.